The van der Waals surface area contributed by atoms with Crippen LogP contribution in [-0.4, -0.2) is 43.2 Å². The highest BCUT2D eigenvalue weighted by Gasteiger charge is 2.11. The minimum absolute atomic E-state index is 0.214. The first kappa shape index (κ1) is 16.3. The molecule has 1 amide bonds. The molecule has 0 unspecified atom stereocenters. The molecular weight excluding hydrogens is 324 g/mol. The Hall–Kier alpha value is -2.61. The molecule has 0 saturated heterocycles. The van der Waals surface area contributed by atoms with Crippen molar-refractivity contribution in [2.45, 2.75) is 12.7 Å². The van der Waals surface area contributed by atoms with Gasteiger partial charge in [-0.05, 0) is 19.1 Å². The van der Waals surface area contributed by atoms with Crippen LogP contribution in [0.25, 0.3) is 5.69 Å². The van der Waals surface area contributed by atoms with Crippen LogP contribution in [0.1, 0.15) is 21.9 Å². The molecule has 0 atom stereocenters. The van der Waals surface area contributed by atoms with E-state index in [-0.39, 0.29) is 5.91 Å². The molecule has 0 bridgehead atoms. The molecule has 0 aliphatic rings. The van der Waals surface area contributed by atoms with Crippen molar-refractivity contribution in [2.75, 3.05) is 12.3 Å². The van der Waals surface area contributed by atoms with Crippen LogP contribution in [0.5, 0.6) is 0 Å². The number of nitrogens with zero attached hydrogens (tertiary/aromatic N) is 4. The lowest BCUT2D eigenvalue weighted by Gasteiger charge is -2.02. The normalized spacial score (nSPS) is 10.7. The highest BCUT2D eigenvalue weighted by molar-refractivity contribution is 7.98. The van der Waals surface area contributed by atoms with Crippen molar-refractivity contribution >= 4 is 17.7 Å². The summed E-state index contributed by atoms with van der Waals surface area (Å²) in [5.74, 6) is 1.43. The van der Waals surface area contributed by atoms with E-state index in [1.165, 1.54) is 0 Å². The number of aromatic nitrogens is 5. The molecule has 8 heteroatoms. The predicted molar refractivity (Wildman–Crippen MR) is 93.2 cm³/mol. The van der Waals surface area contributed by atoms with Crippen molar-refractivity contribution in [3.8, 4) is 5.69 Å². The van der Waals surface area contributed by atoms with Gasteiger partial charge < -0.3 is 10.3 Å². The van der Waals surface area contributed by atoms with Crippen molar-refractivity contribution in [3.63, 3.8) is 0 Å². The molecule has 0 fully saturated rings. The van der Waals surface area contributed by atoms with Crippen molar-refractivity contribution in [3.05, 3.63) is 59.9 Å². The van der Waals surface area contributed by atoms with Gasteiger partial charge in [0.1, 0.15) is 0 Å². The van der Waals surface area contributed by atoms with E-state index in [0.717, 1.165) is 28.6 Å². The maximum atomic E-state index is 12.1. The Morgan fingerprint density at radius 2 is 2.17 bits per heavy atom. The summed E-state index contributed by atoms with van der Waals surface area (Å²) in [4.78, 5) is 19.4. The van der Waals surface area contributed by atoms with E-state index in [0.29, 0.717) is 12.2 Å². The van der Waals surface area contributed by atoms with Crippen molar-refractivity contribution in [1.29, 1.82) is 0 Å². The zero-order valence-corrected chi connectivity index (χ0v) is 14.1. The van der Waals surface area contributed by atoms with Gasteiger partial charge in [0.15, 0.2) is 5.69 Å². The van der Waals surface area contributed by atoms with E-state index in [4.69, 9.17) is 0 Å². The summed E-state index contributed by atoms with van der Waals surface area (Å²) in [5.41, 5.74) is 3.32. The monoisotopic (exact) mass is 342 g/mol. The topological polar surface area (TPSA) is 88.5 Å². The van der Waals surface area contributed by atoms with Crippen LogP contribution in [0.4, 0.5) is 0 Å². The minimum Gasteiger partial charge on any atom is -0.350 e. The minimum atomic E-state index is -0.214. The van der Waals surface area contributed by atoms with Crippen LogP contribution < -0.4 is 5.32 Å². The fourth-order valence-corrected chi connectivity index (χ4v) is 2.98. The van der Waals surface area contributed by atoms with Gasteiger partial charge in [-0.1, -0.05) is 23.4 Å². The SMILES string of the molecule is Cc1[nH]cnc1CSCCNC(=O)c1cn(-c2ccccc2)nn1. The second-order valence-electron chi connectivity index (χ2n) is 5.17. The molecule has 3 rings (SSSR count). The third-order valence-electron chi connectivity index (χ3n) is 3.45. The number of hydrogen-bond acceptors (Lipinski definition) is 5. The average Bonchev–Trinajstić information content (AvgIpc) is 3.25. The van der Waals surface area contributed by atoms with E-state index in [9.17, 15) is 4.79 Å². The Bertz CT molecular complexity index is 798. The number of carbonyl (C=O) groups excluding carboxylic acids is 1. The molecule has 2 heterocycles. The lowest BCUT2D eigenvalue weighted by Crippen LogP contribution is -2.26. The van der Waals surface area contributed by atoms with Crippen molar-refractivity contribution in [1.82, 2.24) is 30.3 Å². The Morgan fingerprint density at radius 1 is 1.33 bits per heavy atom. The Labute approximate surface area is 143 Å². The zero-order valence-electron chi connectivity index (χ0n) is 13.3. The van der Waals surface area contributed by atoms with E-state index < -0.39 is 0 Å². The van der Waals surface area contributed by atoms with Gasteiger partial charge in [0.2, 0.25) is 0 Å². The van der Waals surface area contributed by atoms with Gasteiger partial charge in [-0.25, -0.2) is 9.67 Å². The molecule has 0 aliphatic heterocycles. The van der Waals surface area contributed by atoms with Gasteiger partial charge in [0.05, 0.1) is 23.9 Å². The summed E-state index contributed by atoms with van der Waals surface area (Å²) in [5, 5.41) is 10.8. The summed E-state index contributed by atoms with van der Waals surface area (Å²) in [6.07, 6.45) is 3.33. The highest BCUT2D eigenvalue weighted by Crippen LogP contribution is 2.11. The lowest BCUT2D eigenvalue weighted by atomic mass is 10.3. The molecule has 24 heavy (non-hydrogen) atoms. The number of thioether (sulfide) groups is 1. The van der Waals surface area contributed by atoms with Crippen molar-refractivity contribution in [2.24, 2.45) is 0 Å². The fraction of sp³-hybridized carbons (Fsp3) is 0.250. The maximum absolute atomic E-state index is 12.1. The van der Waals surface area contributed by atoms with Crippen LogP contribution in [-0.2, 0) is 5.75 Å². The van der Waals surface area contributed by atoms with Crippen molar-refractivity contribution < 1.29 is 4.79 Å². The molecular formula is C16H18N6OS. The zero-order chi connectivity index (χ0) is 16.8. The fourth-order valence-electron chi connectivity index (χ4n) is 2.10. The first-order valence-corrected chi connectivity index (χ1v) is 8.72. The number of rotatable bonds is 7. The summed E-state index contributed by atoms with van der Waals surface area (Å²) in [6, 6.07) is 9.56. The quantitative estimate of drug-likeness (QED) is 0.641. The predicted octanol–water partition coefficient (Wildman–Crippen LogP) is 1.96. The second-order valence-corrected chi connectivity index (χ2v) is 6.27. The molecule has 1 aromatic carbocycles. The number of hydrogen-bond donors (Lipinski definition) is 2. The molecule has 0 saturated carbocycles. The second kappa shape index (κ2) is 7.78. The molecule has 2 aromatic heterocycles. The van der Waals surface area contributed by atoms with Crippen LogP contribution >= 0.6 is 11.8 Å². The van der Waals surface area contributed by atoms with E-state index in [2.05, 4.69) is 25.6 Å². The molecule has 0 spiro atoms. The molecule has 0 radical (unpaired) electrons. The smallest absolute Gasteiger partial charge is 0.273 e. The first-order valence-electron chi connectivity index (χ1n) is 7.56. The van der Waals surface area contributed by atoms with E-state index in [1.54, 1.807) is 29.0 Å². The number of H-pyrrole nitrogens is 1. The number of benzene rings is 1. The Morgan fingerprint density at radius 3 is 2.92 bits per heavy atom. The standard InChI is InChI=1S/C16H18N6OS/c1-12-15(19-11-18-12)10-24-8-7-17-16(23)14-9-22(21-20-14)13-5-3-2-4-6-13/h2-6,9,11H,7-8,10H2,1H3,(H,17,23)(H,18,19). The number of carbonyl (C=O) groups is 1. The van der Waals surface area contributed by atoms with Gasteiger partial charge >= 0.3 is 0 Å². The summed E-state index contributed by atoms with van der Waals surface area (Å²) < 4.78 is 1.59. The molecule has 124 valence electrons. The summed E-state index contributed by atoms with van der Waals surface area (Å²) in [7, 11) is 0. The Kier molecular flexibility index (Phi) is 5.27. The number of aromatic amines is 1. The van der Waals surface area contributed by atoms with Crippen LogP contribution in [0.2, 0.25) is 0 Å². The number of imidazole rings is 1. The number of aryl methyl sites for hydroxylation is 1. The van der Waals surface area contributed by atoms with Gasteiger partial charge in [-0.3, -0.25) is 4.79 Å². The first-order chi connectivity index (χ1) is 11.7. The maximum Gasteiger partial charge on any atom is 0.273 e. The third kappa shape index (κ3) is 4.02. The average molecular weight is 342 g/mol. The van der Waals surface area contributed by atoms with Gasteiger partial charge in [-0.15, -0.1) is 5.10 Å². The molecule has 7 nitrogen and oxygen atoms in total. The van der Waals surface area contributed by atoms with Gasteiger partial charge in [-0.2, -0.15) is 11.8 Å². The van der Waals surface area contributed by atoms with E-state index in [1.807, 2.05) is 37.3 Å². The van der Waals surface area contributed by atoms with Crippen LogP contribution in [0, 0.1) is 6.92 Å². The molecule has 2 N–H and O–H groups in total. The third-order valence-corrected chi connectivity index (χ3v) is 4.42. The van der Waals surface area contributed by atoms with E-state index >= 15 is 0 Å². The summed E-state index contributed by atoms with van der Waals surface area (Å²) in [6.45, 7) is 2.58. The van der Waals surface area contributed by atoms with Gasteiger partial charge in [0, 0.05) is 23.7 Å². The molecule has 0 aliphatic carbocycles. The number of amides is 1. The lowest BCUT2D eigenvalue weighted by molar-refractivity contribution is 0.0951. The summed E-state index contributed by atoms with van der Waals surface area (Å²) >= 11 is 1.73. The number of nitrogens with one attached hydrogen (secondary N) is 2. The largest absolute Gasteiger partial charge is 0.350 e. The van der Waals surface area contributed by atoms with Crippen LogP contribution in [0.3, 0.4) is 0 Å². The van der Waals surface area contributed by atoms with Crippen LogP contribution in [0.15, 0.2) is 42.9 Å². The highest BCUT2D eigenvalue weighted by atomic mass is 32.2. The molecule has 3 aromatic rings. The Balaban J connectivity index is 1.44. The van der Waals surface area contributed by atoms with Gasteiger partial charge in [0.25, 0.3) is 5.91 Å². The number of para-hydroxylation sites is 1.